The van der Waals surface area contributed by atoms with Gasteiger partial charge in [-0.05, 0) is 36.2 Å². The van der Waals surface area contributed by atoms with Crippen molar-refractivity contribution < 1.29 is 13.5 Å². The van der Waals surface area contributed by atoms with E-state index < -0.39 is 17.7 Å². The largest absolute Gasteiger partial charge is 0.377 e. The van der Waals surface area contributed by atoms with Gasteiger partial charge in [0.05, 0.1) is 22.3 Å². The zero-order valence-corrected chi connectivity index (χ0v) is 12.8. The number of halogens is 3. The summed E-state index contributed by atoms with van der Waals surface area (Å²) in [4.78, 5) is 0. The summed E-state index contributed by atoms with van der Waals surface area (Å²) in [6, 6.07) is 10.7. The van der Waals surface area contributed by atoms with Gasteiger partial charge in [0, 0.05) is 6.61 Å². The molecule has 2 aromatic rings. The van der Waals surface area contributed by atoms with E-state index in [4.69, 9.17) is 16.3 Å². The Balaban J connectivity index is 1.88. The van der Waals surface area contributed by atoms with Crippen molar-refractivity contribution in [2.45, 2.75) is 18.6 Å². The second-order valence-corrected chi connectivity index (χ2v) is 5.69. The minimum Gasteiger partial charge on any atom is -0.377 e. The monoisotopic (exact) mass is 334 g/mol. The van der Waals surface area contributed by atoms with E-state index in [-0.39, 0.29) is 6.04 Å². The Morgan fingerprint density at radius 2 is 2.04 bits per heavy atom. The van der Waals surface area contributed by atoms with Crippen molar-refractivity contribution in [2.75, 3.05) is 11.9 Å². The molecule has 0 bridgehead atoms. The van der Waals surface area contributed by atoms with Crippen LogP contribution < -0.4 is 5.32 Å². The van der Waals surface area contributed by atoms with Crippen LogP contribution in [0.15, 0.2) is 36.4 Å². The van der Waals surface area contributed by atoms with E-state index >= 15 is 0 Å². The first kappa shape index (κ1) is 15.7. The van der Waals surface area contributed by atoms with Crippen LogP contribution in [-0.2, 0) is 4.74 Å². The number of nitriles is 1. The van der Waals surface area contributed by atoms with Crippen molar-refractivity contribution in [1.82, 2.24) is 0 Å². The van der Waals surface area contributed by atoms with Crippen LogP contribution in [0.1, 0.15) is 23.7 Å². The average Bonchev–Trinajstić information content (AvgIpc) is 3.00. The average molecular weight is 335 g/mol. The molecule has 1 fully saturated rings. The van der Waals surface area contributed by atoms with Crippen molar-refractivity contribution in [3.05, 3.63) is 64.2 Å². The molecule has 2 aromatic carbocycles. The van der Waals surface area contributed by atoms with Crippen molar-refractivity contribution in [3.8, 4) is 6.07 Å². The Labute approximate surface area is 137 Å². The maximum Gasteiger partial charge on any atom is 0.159 e. The molecule has 2 unspecified atom stereocenters. The third-order valence-corrected chi connectivity index (χ3v) is 4.14. The zero-order valence-electron chi connectivity index (χ0n) is 12.0. The molecule has 2 atom stereocenters. The summed E-state index contributed by atoms with van der Waals surface area (Å²) in [6.45, 7) is 0.480. The Morgan fingerprint density at radius 1 is 1.22 bits per heavy atom. The van der Waals surface area contributed by atoms with Crippen molar-refractivity contribution >= 4 is 17.3 Å². The topological polar surface area (TPSA) is 45.0 Å². The van der Waals surface area contributed by atoms with Gasteiger partial charge in [0.15, 0.2) is 11.6 Å². The van der Waals surface area contributed by atoms with Crippen LogP contribution in [0, 0.1) is 23.0 Å². The summed E-state index contributed by atoms with van der Waals surface area (Å²) in [5, 5.41) is 12.8. The first-order valence-corrected chi connectivity index (χ1v) is 7.49. The lowest BCUT2D eigenvalue weighted by molar-refractivity contribution is 0.107. The highest BCUT2D eigenvalue weighted by atomic mass is 35.5. The SMILES string of the molecule is N#Cc1cccc(Cl)c1NC1CCOC1c1ccc(F)c(F)c1. The third-order valence-electron chi connectivity index (χ3n) is 3.83. The van der Waals surface area contributed by atoms with E-state index in [1.807, 2.05) is 0 Å². The van der Waals surface area contributed by atoms with Gasteiger partial charge in [-0.15, -0.1) is 0 Å². The molecule has 1 aliphatic heterocycles. The molecule has 23 heavy (non-hydrogen) atoms. The molecule has 0 spiro atoms. The highest BCUT2D eigenvalue weighted by molar-refractivity contribution is 6.33. The van der Waals surface area contributed by atoms with Crippen LogP contribution in [0.4, 0.5) is 14.5 Å². The predicted molar refractivity (Wildman–Crippen MR) is 83.2 cm³/mol. The van der Waals surface area contributed by atoms with E-state index in [1.54, 1.807) is 18.2 Å². The summed E-state index contributed by atoms with van der Waals surface area (Å²) >= 11 is 6.16. The summed E-state index contributed by atoms with van der Waals surface area (Å²) in [5.41, 5.74) is 1.50. The van der Waals surface area contributed by atoms with Gasteiger partial charge in [0.1, 0.15) is 12.2 Å². The number of nitrogens with zero attached hydrogens (tertiary/aromatic N) is 1. The third kappa shape index (κ3) is 3.14. The van der Waals surface area contributed by atoms with E-state index in [2.05, 4.69) is 11.4 Å². The molecular formula is C17H13ClF2N2O. The normalized spacial score (nSPS) is 20.3. The summed E-state index contributed by atoms with van der Waals surface area (Å²) in [6.07, 6.45) is 0.229. The molecule has 0 aromatic heterocycles. The van der Waals surface area contributed by atoms with Crippen LogP contribution >= 0.6 is 11.6 Å². The van der Waals surface area contributed by atoms with Crippen molar-refractivity contribution in [2.24, 2.45) is 0 Å². The van der Waals surface area contributed by atoms with Gasteiger partial charge in [0.2, 0.25) is 0 Å². The minimum atomic E-state index is -0.910. The second kappa shape index (κ2) is 6.53. The minimum absolute atomic E-state index is 0.188. The number of hydrogen-bond acceptors (Lipinski definition) is 3. The fraction of sp³-hybridized carbons (Fsp3) is 0.235. The lowest BCUT2D eigenvalue weighted by atomic mass is 10.0. The van der Waals surface area contributed by atoms with Gasteiger partial charge in [-0.2, -0.15) is 5.26 Å². The molecule has 1 saturated heterocycles. The molecule has 1 heterocycles. The summed E-state index contributed by atoms with van der Waals surface area (Å²) in [7, 11) is 0. The lowest BCUT2D eigenvalue weighted by Crippen LogP contribution is -2.24. The Kier molecular flexibility index (Phi) is 4.46. The number of para-hydroxylation sites is 1. The molecule has 118 valence electrons. The standard InChI is InChI=1S/C17H13ClF2N2O/c18-12-3-1-2-11(9-21)16(12)22-15-6-7-23-17(15)10-4-5-13(19)14(20)8-10/h1-5,8,15,17,22H,6-7H2. The quantitative estimate of drug-likeness (QED) is 0.903. The number of rotatable bonds is 3. The van der Waals surface area contributed by atoms with Gasteiger partial charge in [0.25, 0.3) is 0 Å². The maximum absolute atomic E-state index is 13.5. The first-order valence-electron chi connectivity index (χ1n) is 7.12. The smallest absolute Gasteiger partial charge is 0.159 e. The number of anilines is 1. The van der Waals surface area contributed by atoms with Gasteiger partial charge in [-0.1, -0.05) is 23.7 Å². The molecule has 1 N–H and O–H groups in total. The van der Waals surface area contributed by atoms with Crippen molar-refractivity contribution in [3.63, 3.8) is 0 Å². The van der Waals surface area contributed by atoms with E-state index in [0.29, 0.717) is 34.9 Å². The van der Waals surface area contributed by atoms with Crippen LogP contribution in [0.3, 0.4) is 0 Å². The summed E-state index contributed by atoms with van der Waals surface area (Å²) < 4.78 is 32.2. The van der Waals surface area contributed by atoms with Gasteiger partial charge in [-0.25, -0.2) is 8.78 Å². The van der Waals surface area contributed by atoms with E-state index in [0.717, 1.165) is 12.1 Å². The molecule has 0 amide bonds. The maximum atomic E-state index is 13.5. The number of nitrogens with one attached hydrogen (secondary N) is 1. The van der Waals surface area contributed by atoms with Crippen LogP contribution in [0.5, 0.6) is 0 Å². The number of ether oxygens (including phenoxy) is 1. The van der Waals surface area contributed by atoms with Crippen molar-refractivity contribution in [1.29, 1.82) is 5.26 Å². The van der Waals surface area contributed by atoms with Gasteiger partial charge in [-0.3, -0.25) is 0 Å². The summed E-state index contributed by atoms with van der Waals surface area (Å²) in [5.74, 6) is -1.80. The zero-order chi connectivity index (χ0) is 16.4. The second-order valence-electron chi connectivity index (χ2n) is 5.28. The van der Waals surface area contributed by atoms with E-state index in [1.165, 1.54) is 6.07 Å². The van der Waals surface area contributed by atoms with Crippen LogP contribution in [0.25, 0.3) is 0 Å². The molecule has 6 heteroatoms. The van der Waals surface area contributed by atoms with Gasteiger partial charge < -0.3 is 10.1 Å². The van der Waals surface area contributed by atoms with Gasteiger partial charge >= 0.3 is 0 Å². The Bertz CT molecular complexity index is 776. The highest BCUT2D eigenvalue weighted by Gasteiger charge is 2.31. The predicted octanol–water partition coefficient (Wildman–Crippen LogP) is 4.43. The van der Waals surface area contributed by atoms with E-state index in [9.17, 15) is 14.0 Å². The molecule has 0 saturated carbocycles. The molecule has 3 nitrogen and oxygen atoms in total. The molecule has 0 radical (unpaired) electrons. The fourth-order valence-corrected chi connectivity index (χ4v) is 2.93. The van der Waals surface area contributed by atoms with Crippen LogP contribution in [0.2, 0.25) is 5.02 Å². The molecule has 3 rings (SSSR count). The lowest BCUT2D eigenvalue weighted by Gasteiger charge is -2.22. The Hall–Kier alpha value is -2.16. The number of hydrogen-bond donors (Lipinski definition) is 1. The fourth-order valence-electron chi connectivity index (χ4n) is 2.70. The number of benzene rings is 2. The van der Waals surface area contributed by atoms with Crippen LogP contribution in [-0.4, -0.2) is 12.6 Å². The first-order chi connectivity index (χ1) is 11.1. The molecule has 0 aliphatic carbocycles. The molecular weight excluding hydrogens is 322 g/mol. The molecule has 1 aliphatic rings. The Morgan fingerprint density at radius 3 is 2.78 bits per heavy atom. The highest BCUT2D eigenvalue weighted by Crippen LogP contribution is 2.35.